The first-order valence-corrected chi connectivity index (χ1v) is 11.1. The number of amides is 1. The first kappa shape index (κ1) is 20.8. The number of pyridine rings is 1. The first-order valence-electron chi connectivity index (χ1n) is 10.7. The Morgan fingerprint density at radius 3 is 2.66 bits per heavy atom. The molecule has 3 heterocycles. The molecule has 1 amide bonds. The van der Waals surface area contributed by atoms with E-state index < -0.39 is 5.60 Å². The molecule has 2 saturated heterocycles. The van der Waals surface area contributed by atoms with Gasteiger partial charge >= 0.3 is 6.09 Å². The molecule has 1 spiro atoms. The number of benzene rings is 2. The van der Waals surface area contributed by atoms with Crippen LogP contribution in [-0.4, -0.2) is 41.2 Å². The van der Waals surface area contributed by atoms with Crippen LogP contribution >= 0.6 is 11.6 Å². The Balaban J connectivity index is 1.24. The van der Waals surface area contributed by atoms with E-state index in [1.54, 1.807) is 23.2 Å². The Hall–Kier alpha value is -3.09. The zero-order chi connectivity index (χ0) is 22.0. The number of rotatable bonds is 6. The lowest BCUT2D eigenvalue weighted by Crippen LogP contribution is -2.37. The lowest BCUT2D eigenvalue weighted by Gasteiger charge is -2.23. The second-order valence-corrected chi connectivity index (χ2v) is 8.73. The van der Waals surface area contributed by atoms with Crippen LogP contribution < -0.4 is 9.64 Å². The largest absolute Gasteiger partial charge is 0.487 e. The monoisotopic (exact) mass is 449 g/mol. The highest BCUT2D eigenvalue weighted by molar-refractivity contribution is 6.30. The fraction of sp³-hybridized carbons (Fsp3) is 0.280. The van der Waals surface area contributed by atoms with E-state index in [9.17, 15) is 4.79 Å². The number of likely N-dealkylation sites (tertiary alicyclic amines) is 1. The molecule has 2 fully saturated rings. The molecule has 1 aromatic heterocycles. The summed E-state index contributed by atoms with van der Waals surface area (Å²) in [4.78, 5) is 20.9. The predicted octanol–water partition coefficient (Wildman–Crippen LogP) is 4.92. The highest BCUT2D eigenvalue weighted by Crippen LogP contribution is 2.36. The molecular formula is C25H24ClN3O3. The average molecular weight is 450 g/mol. The Labute approximate surface area is 192 Å². The number of anilines is 1. The van der Waals surface area contributed by atoms with Crippen molar-refractivity contribution in [2.45, 2.75) is 25.2 Å². The van der Waals surface area contributed by atoms with Crippen molar-refractivity contribution in [3.05, 3.63) is 89.2 Å². The summed E-state index contributed by atoms with van der Waals surface area (Å²) in [5.41, 5.74) is 2.32. The molecule has 1 atom stereocenters. The molecule has 0 bridgehead atoms. The van der Waals surface area contributed by atoms with Crippen LogP contribution in [0.3, 0.4) is 0 Å². The van der Waals surface area contributed by atoms with Crippen LogP contribution in [0.2, 0.25) is 5.02 Å². The van der Waals surface area contributed by atoms with Crippen molar-refractivity contribution in [2.24, 2.45) is 0 Å². The van der Waals surface area contributed by atoms with E-state index in [2.05, 4.69) is 16.0 Å². The highest BCUT2D eigenvalue weighted by Gasteiger charge is 2.50. The molecule has 6 nitrogen and oxygen atoms in total. The number of hydrogen-bond donors (Lipinski definition) is 0. The maximum atomic E-state index is 12.6. The van der Waals surface area contributed by atoms with Gasteiger partial charge in [-0.3, -0.25) is 14.8 Å². The standard InChI is InChI=1S/C25H24ClN3O3/c26-20-8-10-22(11-9-20)29-18-25(32-24(29)30)12-14-28(17-25)15-19-5-1-2-7-23(19)31-16-21-6-3-4-13-27-21/h1-11,13H,12,14-18H2. The quantitative estimate of drug-likeness (QED) is 0.535. The number of para-hydroxylation sites is 1. The summed E-state index contributed by atoms with van der Waals surface area (Å²) < 4.78 is 11.9. The third-order valence-corrected chi connectivity index (χ3v) is 6.22. The van der Waals surface area contributed by atoms with E-state index in [4.69, 9.17) is 21.1 Å². The molecule has 32 heavy (non-hydrogen) atoms. The fourth-order valence-corrected chi connectivity index (χ4v) is 4.50. The average Bonchev–Trinajstić information content (AvgIpc) is 3.36. The lowest BCUT2D eigenvalue weighted by molar-refractivity contribution is 0.0628. The van der Waals surface area contributed by atoms with Crippen LogP contribution in [0, 0.1) is 0 Å². The minimum Gasteiger partial charge on any atom is -0.487 e. The molecule has 0 N–H and O–H groups in total. The van der Waals surface area contributed by atoms with Crippen molar-refractivity contribution in [3.8, 4) is 5.75 Å². The number of ether oxygens (including phenoxy) is 2. The molecule has 0 radical (unpaired) electrons. The number of aromatic nitrogens is 1. The van der Waals surface area contributed by atoms with Crippen molar-refractivity contribution in [1.29, 1.82) is 0 Å². The molecular weight excluding hydrogens is 426 g/mol. The number of carbonyl (C=O) groups is 1. The van der Waals surface area contributed by atoms with Crippen molar-refractivity contribution in [2.75, 3.05) is 24.5 Å². The van der Waals surface area contributed by atoms with Gasteiger partial charge in [0, 0.05) is 48.5 Å². The second kappa shape index (κ2) is 8.81. The second-order valence-electron chi connectivity index (χ2n) is 8.29. The number of carbonyl (C=O) groups excluding carboxylic acids is 1. The minimum absolute atomic E-state index is 0.298. The molecule has 2 aliphatic rings. The highest BCUT2D eigenvalue weighted by atomic mass is 35.5. The Kier molecular flexibility index (Phi) is 5.72. The normalized spacial score (nSPS) is 20.7. The molecule has 0 saturated carbocycles. The van der Waals surface area contributed by atoms with E-state index in [1.807, 2.05) is 48.5 Å². The molecule has 3 aromatic rings. The first-order chi connectivity index (χ1) is 15.6. The van der Waals surface area contributed by atoms with Gasteiger partial charge in [0.25, 0.3) is 0 Å². The van der Waals surface area contributed by atoms with Gasteiger partial charge in [-0.25, -0.2) is 4.79 Å². The van der Waals surface area contributed by atoms with Crippen LogP contribution in [0.15, 0.2) is 72.9 Å². The third kappa shape index (κ3) is 4.42. The van der Waals surface area contributed by atoms with E-state index in [-0.39, 0.29) is 6.09 Å². The van der Waals surface area contributed by atoms with E-state index in [0.717, 1.165) is 42.2 Å². The SMILES string of the molecule is O=C1OC2(CCN(Cc3ccccc3OCc3ccccn3)C2)CN1c1ccc(Cl)cc1. The van der Waals surface area contributed by atoms with Gasteiger partial charge in [0.05, 0.1) is 12.2 Å². The molecule has 0 aliphatic carbocycles. The van der Waals surface area contributed by atoms with E-state index in [0.29, 0.717) is 24.7 Å². The van der Waals surface area contributed by atoms with Crippen molar-refractivity contribution in [1.82, 2.24) is 9.88 Å². The minimum atomic E-state index is -0.486. The maximum absolute atomic E-state index is 12.6. The van der Waals surface area contributed by atoms with Crippen LogP contribution in [0.4, 0.5) is 10.5 Å². The lowest BCUT2D eigenvalue weighted by atomic mass is 10.0. The van der Waals surface area contributed by atoms with Crippen LogP contribution in [0.25, 0.3) is 0 Å². The van der Waals surface area contributed by atoms with E-state index in [1.165, 1.54) is 0 Å². The molecule has 7 heteroatoms. The maximum Gasteiger partial charge on any atom is 0.415 e. The van der Waals surface area contributed by atoms with Gasteiger partial charge in [0.1, 0.15) is 18.0 Å². The Bertz CT molecular complexity index is 1090. The van der Waals surface area contributed by atoms with Gasteiger partial charge in [-0.05, 0) is 42.5 Å². The number of hydrogen-bond acceptors (Lipinski definition) is 5. The van der Waals surface area contributed by atoms with Crippen LogP contribution in [-0.2, 0) is 17.9 Å². The molecule has 5 rings (SSSR count). The summed E-state index contributed by atoms with van der Waals surface area (Å²) in [5, 5.41) is 0.645. The topological polar surface area (TPSA) is 54.9 Å². The zero-order valence-corrected chi connectivity index (χ0v) is 18.4. The molecule has 2 aromatic carbocycles. The van der Waals surface area contributed by atoms with Gasteiger partial charge in [0.15, 0.2) is 0 Å². The van der Waals surface area contributed by atoms with Crippen LogP contribution in [0.1, 0.15) is 17.7 Å². The van der Waals surface area contributed by atoms with Gasteiger partial charge in [-0.2, -0.15) is 0 Å². The van der Waals surface area contributed by atoms with Gasteiger partial charge < -0.3 is 9.47 Å². The smallest absolute Gasteiger partial charge is 0.415 e. The summed E-state index contributed by atoms with van der Waals surface area (Å²) in [5.74, 6) is 0.852. The number of halogens is 1. The van der Waals surface area contributed by atoms with Crippen LogP contribution in [0.5, 0.6) is 5.75 Å². The molecule has 164 valence electrons. The van der Waals surface area contributed by atoms with E-state index >= 15 is 0 Å². The molecule has 1 unspecified atom stereocenters. The summed E-state index contributed by atoms with van der Waals surface area (Å²) >= 11 is 5.99. The van der Waals surface area contributed by atoms with Crippen molar-refractivity contribution < 1.29 is 14.3 Å². The summed E-state index contributed by atoms with van der Waals surface area (Å²) in [6.45, 7) is 3.25. The Morgan fingerprint density at radius 1 is 1.03 bits per heavy atom. The van der Waals surface area contributed by atoms with Gasteiger partial charge in [-0.1, -0.05) is 35.9 Å². The zero-order valence-electron chi connectivity index (χ0n) is 17.6. The summed E-state index contributed by atoms with van der Waals surface area (Å²) in [6.07, 6.45) is 2.28. The summed E-state index contributed by atoms with van der Waals surface area (Å²) in [6, 6.07) is 21.2. The predicted molar refractivity (Wildman–Crippen MR) is 123 cm³/mol. The fourth-order valence-electron chi connectivity index (χ4n) is 4.37. The number of nitrogens with zero attached hydrogens (tertiary/aromatic N) is 3. The molecule has 2 aliphatic heterocycles. The van der Waals surface area contributed by atoms with Gasteiger partial charge in [-0.15, -0.1) is 0 Å². The summed E-state index contributed by atoms with van der Waals surface area (Å²) in [7, 11) is 0. The third-order valence-electron chi connectivity index (χ3n) is 5.97. The van der Waals surface area contributed by atoms with Gasteiger partial charge in [0.2, 0.25) is 0 Å². The van der Waals surface area contributed by atoms with Crippen molar-refractivity contribution >= 4 is 23.4 Å². The Morgan fingerprint density at radius 2 is 1.84 bits per heavy atom. The van der Waals surface area contributed by atoms with Crippen molar-refractivity contribution in [3.63, 3.8) is 0 Å².